The largest absolute Gasteiger partial charge is 0.480 e. The predicted molar refractivity (Wildman–Crippen MR) is 47.5 cm³/mol. The van der Waals surface area contributed by atoms with E-state index in [0.29, 0.717) is 6.61 Å². The van der Waals surface area contributed by atoms with Crippen molar-refractivity contribution in [2.45, 2.75) is 25.5 Å². The molecule has 0 amide bonds. The highest BCUT2D eigenvalue weighted by Gasteiger charge is 2.28. The number of carboxylic acid groups (broad SMARTS) is 1. The Labute approximate surface area is 77.8 Å². The van der Waals surface area contributed by atoms with Crippen molar-refractivity contribution in [3.63, 3.8) is 0 Å². The fraction of sp³-hybridized carbons (Fsp3) is 0.875. The highest BCUT2D eigenvalue weighted by Crippen LogP contribution is 2.02. The van der Waals surface area contributed by atoms with Gasteiger partial charge in [-0.05, 0) is 13.8 Å². The lowest BCUT2D eigenvalue weighted by atomic mass is 10.1. The van der Waals surface area contributed by atoms with Crippen molar-refractivity contribution in [3.8, 4) is 0 Å². The Balaban J connectivity index is 3.80. The van der Waals surface area contributed by atoms with Gasteiger partial charge in [0.25, 0.3) is 0 Å². The Hall–Kier alpha value is -0.650. The number of rotatable bonds is 6. The molecule has 0 rings (SSSR count). The molecule has 0 heterocycles. The Morgan fingerprint density at radius 2 is 2.23 bits per heavy atom. The topological polar surface area (TPSA) is 81.8 Å². The SMILES string of the molecule is COCC(C)OCC(C)(N)C(=O)O. The quantitative estimate of drug-likeness (QED) is 0.609. The molecule has 0 radical (unpaired) electrons. The maximum atomic E-state index is 10.6. The van der Waals surface area contributed by atoms with E-state index in [9.17, 15) is 4.79 Å². The molecule has 0 aliphatic carbocycles. The van der Waals surface area contributed by atoms with Crippen LogP contribution in [0.4, 0.5) is 0 Å². The molecule has 0 saturated heterocycles. The summed E-state index contributed by atoms with van der Waals surface area (Å²) in [6.45, 7) is 3.61. The molecular weight excluding hydrogens is 174 g/mol. The summed E-state index contributed by atoms with van der Waals surface area (Å²) < 4.78 is 9.99. The Bertz CT molecular complexity index is 170. The van der Waals surface area contributed by atoms with Gasteiger partial charge >= 0.3 is 5.97 Å². The number of hydrogen-bond donors (Lipinski definition) is 2. The molecule has 78 valence electrons. The molecule has 13 heavy (non-hydrogen) atoms. The second kappa shape index (κ2) is 5.16. The van der Waals surface area contributed by atoms with E-state index < -0.39 is 11.5 Å². The van der Waals surface area contributed by atoms with Gasteiger partial charge in [0.05, 0.1) is 19.3 Å². The van der Waals surface area contributed by atoms with Crippen molar-refractivity contribution < 1.29 is 19.4 Å². The maximum Gasteiger partial charge on any atom is 0.325 e. The summed E-state index contributed by atoms with van der Waals surface area (Å²) in [5.74, 6) is -1.07. The lowest BCUT2D eigenvalue weighted by Gasteiger charge is -2.21. The summed E-state index contributed by atoms with van der Waals surface area (Å²) in [4.78, 5) is 10.6. The summed E-state index contributed by atoms with van der Waals surface area (Å²) in [6.07, 6.45) is -0.146. The smallest absolute Gasteiger partial charge is 0.325 e. The van der Waals surface area contributed by atoms with Crippen molar-refractivity contribution in [3.05, 3.63) is 0 Å². The Morgan fingerprint density at radius 1 is 1.69 bits per heavy atom. The normalized spacial score (nSPS) is 17.8. The van der Waals surface area contributed by atoms with Crippen LogP contribution in [-0.2, 0) is 14.3 Å². The zero-order valence-corrected chi connectivity index (χ0v) is 8.24. The first-order valence-electron chi connectivity index (χ1n) is 4.03. The van der Waals surface area contributed by atoms with Gasteiger partial charge < -0.3 is 20.3 Å². The van der Waals surface area contributed by atoms with E-state index in [1.54, 1.807) is 14.0 Å². The Kier molecular flexibility index (Phi) is 4.90. The van der Waals surface area contributed by atoms with Crippen LogP contribution >= 0.6 is 0 Å². The molecule has 0 aromatic carbocycles. The zero-order chi connectivity index (χ0) is 10.5. The van der Waals surface area contributed by atoms with Gasteiger partial charge in [-0.3, -0.25) is 4.79 Å². The highest BCUT2D eigenvalue weighted by atomic mass is 16.5. The molecule has 0 aliphatic rings. The fourth-order valence-electron chi connectivity index (χ4n) is 0.660. The van der Waals surface area contributed by atoms with E-state index >= 15 is 0 Å². The zero-order valence-electron chi connectivity index (χ0n) is 8.24. The van der Waals surface area contributed by atoms with E-state index in [1.165, 1.54) is 6.92 Å². The second-order valence-electron chi connectivity index (χ2n) is 3.30. The maximum absolute atomic E-state index is 10.6. The standard InChI is InChI=1S/C8H17NO4/c1-6(4-12-3)13-5-8(2,9)7(10)11/h6H,4-5,9H2,1-3H3,(H,10,11). The van der Waals surface area contributed by atoms with Crippen molar-refractivity contribution in [1.29, 1.82) is 0 Å². The summed E-state index contributed by atoms with van der Waals surface area (Å²) in [6, 6.07) is 0. The first-order chi connectivity index (χ1) is 5.90. The number of carboxylic acids is 1. The lowest BCUT2D eigenvalue weighted by molar-refractivity contribution is -0.146. The monoisotopic (exact) mass is 191 g/mol. The lowest BCUT2D eigenvalue weighted by Crippen LogP contribution is -2.49. The first kappa shape index (κ1) is 12.3. The van der Waals surface area contributed by atoms with Gasteiger partial charge in [0.15, 0.2) is 0 Å². The minimum atomic E-state index is -1.33. The third-order valence-corrected chi connectivity index (χ3v) is 1.56. The summed E-state index contributed by atoms with van der Waals surface area (Å²) in [5.41, 5.74) is 4.11. The van der Waals surface area contributed by atoms with E-state index in [0.717, 1.165) is 0 Å². The summed E-state index contributed by atoms with van der Waals surface area (Å²) in [5, 5.41) is 8.65. The van der Waals surface area contributed by atoms with Crippen LogP contribution in [0, 0.1) is 0 Å². The van der Waals surface area contributed by atoms with E-state index in [-0.39, 0.29) is 12.7 Å². The highest BCUT2D eigenvalue weighted by molar-refractivity contribution is 5.77. The molecule has 0 saturated carbocycles. The number of ether oxygens (including phenoxy) is 2. The van der Waals surface area contributed by atoms with Crippen LogP contribution in [-0.4, -0.2) is 43.0 Å². The van der Waals surface area contributed by atoms with Crippen molar-refractivity contribution in [1.82, 2.24) is 0 Å². The average molecular weight is 191 g/mol. The van der Waals surface area contributed by atoms with Crippen LogP contribution in [0.5, 0.6) is 0 Å². The van der Waals surface area contributed by atoms with Crippen LogP contribution in [0.25, 0.3) is 0 Å². The summed E-state index contributed by atoms with van der Waals surface area (Å²) in [7, 11) is 1.55. The molecule has 0 bridgehead atoms. The molecule has 3 N–H and O–H groups in total. The van der Waals surface area contributed by atoms with Crippen LogP contribution < -0.4 is 5.73 Å². The molecule has 0 aliphatic heterocycles. The molecule has 0 aromatic heterocycles. The molecule has 2 unspecified atom stereocenters. The predicted octanol–water partition coefficient (Wildman–Crippen LogP) is -0.160. The van der Waals surface area contributed by atoms with Crippen LogP contribution in [0.2, 0.25) is 0 Å². The second-order valence-corrected chi connectivity index (χ2v) is 3.30. The molecule has 5 heteroatoms. The number of nitrogens with two attached hydrogens (primary N) is 1. The molecule has 5 nitrogen and oxygen atoms in total. The number of aliphatic carboxylic acids is 1. The van der Waals surface area contributed by atoms with E-state index in [2.05, 4.69) is 0 Å². The van der Waals surface area contributed by atoms with Crippen LogP contribution in [0.15, 0.2) is 0 Å². The third-order valence-electron chi connectivity index (χ3n) is 1.56. The van der Waals surface area contributed by atoms with Gasteiger partial charge in [-0.25, -0.2) is 0 Å². The summed E-state index contributed by atoms with van der Waals surface area (Å²) >= 11 is 0. The molecule has 0 aromatic rings. The van der Waals surface area contributed by atoms with Crippen LogP contribution in [0.1, 0.15) is 13.8 Å². The number of methoxy groups -OCH3 is 1. The number of carbonyl (C=O) groups is 1. The molecular formula is C8H17NO4. The fourth-order valence-corrected chi connectivity index (χ4v) is 0.660. The first-order valence-corrected chi connectivity index (χ1v) is 4.03. The molecule has 0 fully saturated rings. The average Bonchev–Trinajstić information content (AvgIpc) is 2.01. The van der Waals surface area contributed by atoms with Gasteiger partial charge in [0, 0.05) is 7.11 Å². The van der Waals surface area contributed by atoms with Gasteiger partial charge in [-0.1, -0.05) is 0 Å². The van der Waals surface area contributed by atoms with Crippen molar-refractivity contribution in [2.75, 3.05) is 20.3 Å². The van der Waals surface area contributed by atoms with Gasteiger partial charge in [-0.2, -0.15) is 0 Å². The molecule has 0 spiro atoms. The minimum Gasteiger partial charge on any atom is -0.480 e. The molecule has 2 atom stereocenters. The van der Waals surface area contributed by atoms with Crippen molar-refractivity contribution >= 4 is 5.97 Å². The number of hydrogen-bond acceptors (Lipinski definition) is 4. The van der Waals surface area contributed by atoms with Gasteiger partial charge in [0.2, 0.25) is 0 Å². The van der Waals surface area contributed by atoms with Crippen LogP contribution in [0.3, 0.4) is 0 Å². The van der Waals surface area contributed by atoms with Gasteiger partial charge in [-0.15, -0.1) is 0 Å². The van der Waals surface area contributed by atoms with Gasteiger partial charge in [0.1, 0.15) is 5.54 Å². The van der Waals surface area contributed by atoms with E-state index in [1.807, 2.05) is 0 Å². The third kappa shape index (κ3) is 4.82. The van der Waals surface area contributed by atoms with E-state index in [4.69, 9.17) is 20.3 Å². The Morgan fingerprint density at radius 3 is 2.62 bits per heavy atom. The van der Waals surface area contributed by atoms with Crippen molar-refractivity contribution in [2.24, 2.45) is 5.73 Å². The minimum absolute atomic E-state index is 0.0210.